The highest BCUT2D eigenvalue weighted by molar-refractivity contribution is 6.96. The normalized spacial score (nSPS) is 13.9. The Morgan fingerprint density at radius 1 is 1.12 bits per heavy atom. The van der Waals surface area contributed by atoms with Crippen molar-refractivity contribution < 1.29 is 0 Å². The van der Waals surface area contributed by atoms with Gasteiger partial charge >= 0.3 is 0 Å². The maximum Gasteiger partial charge on any atom is 0.221 e. The van der Waals surface area contributed by atoms with Gasteiger partial charge in [0, 0.05) is 0 Å². The molecule has 0 bridgehead atoms. The summed E-state index contributed by atoms with van der Waals surface area (Å²) in [6.07, 6.45) is 15.0. The maximum absolute atomic E-state index is 5.83. The van der Waals surface area contributed by atoms with Crippen molar-refractivity contribution >= 4 is 8.07 Å². The minimum Gasteiger partial charge on any atom is -0.126 e. The first kappa shape index (κ1) is 15.3. The Balaban J connectivity index is 5.28. The Labute approximate surface area is 103 Å². The predicted molar refractivity (Wildman–Crippen MR) is 76.6 cm³/mol. The van der Waals surface area contributed by atoms with Gasteiger partial charge in [0.15, 0.2) is 0 Å². The number of rotatable bonds is 6. The van der Waals surface area contributed by atoms with Gasteiger partial charge in [-0.3, -0.25) is 0 Å². The minimum absolute atomic E-state index is 0.194. The van der Waals surface area contributed by atoms with Gasteiger partial charge in [-0.2, -0.15) is 0 Å². The molecule has 1 heteroatoms. The summed E-state index contributed by atoms with van der Waals surface area (Å²) in [7, 11) is -2.03. The summed E-state index contributed by atoms with van der Waals surface area (Å²) in [5.41, 5.74) is 6.15. The molecule has 0 nitrogen and oxygen atoms in total. The van der Waals surface area contributed by atoms with Crippen molar-refractivity contribution in [1.29, 1.82) is 0 Å². The van der Waals surface area contributed by atoms with E-state index in [0.717, 1.165) is 18.9 Å². The van der Waals surface area contributed by atoms with Crippen LogP contribution in [0.1, 0.15) is 53.9 Å². The Hall–Kier alpha value is -0.663. The zero-order valence-electron chi connectivity index (χ0n) is 11.6. The van der Waals surface area contributed by atoms with Crippen molar-refractivity contribution in [1.82, 2.24) is 0 Å². The molecular weight excluding hydrogens is 208 g/mol. The molecule has 1 atom stereocenters. The third-order valence-electron chi connectivity index (χ3n) is 4.44. The van der Waals surface area contributed by atoms with E-state index in [1.807, 2.05) is 0 Å². The van der Waals surface area contributed by atoms with Crippen LogP contribution < -0.4 is 0 Å². The lowest BCUT2D eigenvalue weighted by molar-refractivity contribution is 0.528. The van der Waals surface area contributed by atoms with Crippen LogP contribution >= 0.6 is 0 Å². The van der Waals surface area contributed by atoms with E-state index in [-0.39, 0.29) is 5.04 Å². The summed E-state index contributed by atoms with van der Waals surface area (Å²) in [6.45, 7) is 11.2. The van der Waals surface area contributed by atoms with Crippen LogP contribution in [0, 0.1) is 29.9 Å². The summed E-state index contributed by atoms with van der Waals surface area (Å²) in [5, 5.41) is 0.194. The van der Waals surface area contributed by atoms with Gasteiger partial charge in [-0.1, -0.05) is 53.9 Å². The monoisotopic (exact) mass is 234 g/mol. The van der Waals surface area contributed by atoms with E-state index in [0.29, 0.717) is 5.92 Å². The fourth-order valence-corrected chi connectivity index (χ4v) is 6.32. The second kappa shape index (κ2) is 6.17. The van der Waals surface area contributed by atoms with E-state index in [9.17, 15) is 0 Å². The van der Waals surface area contributed by atoms with Gasteiger partial charge in [0.2, 0.25) is 8.07 Å². The molecule has 0 aromatic carbocycles. The Morgan fingerprint density at radius 3 is 1.81 bits per heavy atom. The molecule has 0 heterocycles. The average molecular weight is 234 g/mol. The molecule has 0 aliphatic carbocycles. The molecule has 0 saturated heterocycles. The molecular formula is C15H26Si. The van der Waals surface area contributed by atoms with Crippen molar-refractivity contribution in [3.63, 3.8) is 0 Å². The first-order valence-electron chi connectivity index (χ1n) is 6.40. The molecule has 0 saturated carbocycles. The Kier molecular flexibility index (Phi) is 5.91. The highest BCUT2D eigenvalue weighted by Crippen LogP contribution is 2.46. The summed E-state index contributed by atoms with van der Waals surface area (Å²) in [5.74, 6) is 0.649. The second-order valence-electron chi connectivity index (χ2n) is 5.18. The topological polar surface area (TPSA) is 0 Å². The van der Waals surface area contributed by atoms with Gasteiger partial charge in [-0.05, 0) is 17.0 Å². The molecule has 1 unspecified atom stereocenters. The van der Waals surface area contributed by atoms with E-state index >= 15 is 0 Å². The number of terminal acetylenes is 2. The average Bonchev–Trinajstić information content (AvgIpc) is 2.34. The highest BCUT2D eigenvalue weighted by Gasteiger charge is 2.46. The smallest absolute Gasteiger partial charge is 0.126 e. The lowest BCUT2D eigenvalue weighted by Crippen LogP contribution is -2.45. The molecule has 0 aromatic rings. The molecule has 0 rings (SSSR count). The zero-order chi connectivity index (χ0) is 12.8. The Morgan fingerprint density at radius 2 is 1.56 bits per heavy atom. The van der Waals surface area contributed by atoms with Gasteiger partial charge < -0.3 is 0 Å². The number of hydrogen-bond acceptors (Lipinski definition) is 0. The van der Waals surface area contributed by atoms with Crippen molar-refractivity contribution in [3.05, 3.63) is 0 Å². The fraction of sp³-hybridized carbons (Fsp3) is 0.733. The van der Waals surface area contributed by atoms with Crippen molar-refractivity contribution in [2.75, 3.05) is 0 Å². The highest BCUT2D eigenvalue weighted by atomic mass is 28.3. The van der Waals surface area contributed by atoms with Crippen LogP contribution in [0.15, 0.2) is 0 Å². The molecule has 0 spiro atoms. The lowest BCUT2D eigenvalue weighted by atomic mass is 10.1. The van der Waals surface area contributed by atoms with Gasteiger partial charge in [-0.15, -0.1) is 23.9 Å². The molecule has 90 valence electrons. The SMILES string of the molecule is C#C[Si](C#C)(CC(C)CC)C(C)(CC)CC. The summed E-state index contributed by atoms with van der Waals surface area (Å²) >= 11 is 0. The first-order valence-corrected chi connectivity index (χ1v) is 8.61. The summed E-state index contributed by atoms with van der Waals surface area (Å²) < 4.78 is 0. The molecule has 0 radical (unpaired) electrons. The predicted octanol–water partition coefficient (Wildman–Crippen LogP) is 4.41. The molecule has 0 aliphatic heterocycles. The van der Waals surface area contributed by atoms with Crippen LogP contribution in [0.25, 0.3) is 0 Å². The second-order valence-corrected chi connectivity index (χ2v) is 9.18. The van der Waals surface area contributed by atoms with Crippen molar-refractivity contribution in [3.8, 4) is 23.9 Å². The van der Waals surface area contributed by atoms with Gasteiger partial charge in [-0.25, -0.2) is 0 Å². The van der Waals surface area contributed by atoms with E-state index in [4.69, 9.17) is 12.8 Å². The summed E-state index contributed by atoms with van der Waals surface area (Å²) in [6, 6.07) is 1.08. The molecule has 0 fully saturated rings. The van der Waals surface area contributed by atoms with Crippen molar-refractivity contribution in [2.45, 2.75) is 65.0 Å². The van der Waals surface area contributed by atoms with Crippen LogP contribution in [-0.2, 0) is 0 Å². The zero-order valence-corrected chi connectivity index (χ0v) is 12.6. The van der Waals surface area contributed by atoms with Crippen LogP contribution in [-0.4, -0.2) is 8.07 Å². The van der Waals surface area contributed by atoms with Crippen LogP contribution in [0.3, 0.4) is 0 Å². The summed E-state index contributed by atoms with van der Waals surface area (Å²) in [4.78, 5) is 0. The van der Waals surface area contributed by atoms with E-state index in [1.165, 1.54) is 6.42 Å². The molecule has 0 aromatic heterocycles. The molecule has 0 aliphatic rings. The Bertz CT molecular complexity index is 272. The quantitative estimate of drug-likeness (QED) is 0.472. The van der Waals surface area contributed by atoms with Crippen molar-refractivity contribution in [2.24, 2.45) is 5.92 Å². The number of hydrogen-bond donors (Lipinski definition) is 0. The van der Waals surface area contributed by atoms with E-state index in [1.54, 1.807) is 0 Å². The lowest BCUT2D eigenvalue weighted by Gasteiger charge is -2.40. The first-order chi connectivity index (χ1) is 7.45. The largest absolute Gasteiger partial charge is 0.221 e. The van der Waals surface area contributed by atoms with Gasteiger partial charge in [0.25, 0.3) is 0 Å². The van der Waals surface area contributed by atoms with E-state index in [2.05, 4.69) is 45.7 Å². The van der Waals surface area contributed by atoms with Crippen LogP contribution in [0.4, 0.5) is 0 Å². The third-order valence-corrected chi connectivity index (χ3v) is 9.50. The van der Waals surface area contributed by atoms with Gasteiger partial charge in [0.05, 0.1) is 0 Å². The van der Waals surface area contributed by atoms with Gasteiger partial charge in [0.1, 0.15) is 0 Å². The fourth-order valence-electron chi connectivity index (χ4n) is 2.27. The molecule has 0 N–H and O–H groups in total. The van der Waals surface area contributed by atoms with Crippen LogP contribution in [0.2, 0.25) is 11.1 Å². The van der Waals surface area contributed by atoms with Crippen LogP contribution in [0.5, 0.6) is 0 Å². The molecule has 16 heavy (non-hydrogen) atoms. The maximum atomic E-state index is 5.83. The molecule has 0 amide bonds. The third kappa shape index (κ3) is 2.72. The standard InChI is InChI=1S/C15H26Si/c1-8-14(6)13-16(11-4,12-5)15(7,9-2)10-3/h4-5,14H,8-10,13H2,1-3,6-7H3. The van der Waals surface area contributed by atoms with E-state index < -0.39 is 8.07 Å². The minimum atomic E-state index is -2.03.